The Morgan fingerprint density at radius 3 is 2.58 bits per heavy atom. The molecule has 12 heavy (non-hydrogen) atoms. The summed E-state index contributed by atoms with van der Waals surface area (Å²) < 4.78 is 4.91. The molecule has 1 aliphatic rings. The van der Waals surface area contributed by atoms with Gasteiger partial charge in [0.15, 0.2) is 5.78 Å². The third-order valence-electron chi connectivity index (χ3n) is 1.88. The molecule has 0 saturated carbocycles. The number of cyclic esters (lactones) is 1. The van der Waals surface area contributed by atoms with Gasteiger partial charge in [0.1, 0.15) is 11.7 Å². The molecular formula is C9H12O3. The molecule has 0 saturated heterocycles. The normalized spacial score (nSPS) is 23.9. The molecule has 1 rings (SSSR count). The summed E-state index contributed by atoms with van der Waals surface area (Å²) in [5, 5.41) is 0. The maximum atomic E-state index is 11.2. The zero-order valence-corrected chi connectivity index (χ0v) is 7.51. The molecule has 0 aliphatic carbocycles. The highest BCUT2D eigenvalue weighted by molar-refractivity contribution is 6.17. The first-order valence-electron chi connectivity index (χ1n) is 3.94. The number of hydrogen-bond acceptors (Lipinski definition) is 3. The maximum Gasteiger partial charge on any atom is 0.341 e. The maximum absolute atomic E-state index is 11.2. The Balaban J connectivity index is 3.01. The Kier molecular flexibility index (Phi) is 2.31. The molecule has 0 fully saturated rings. The smallest absolute Gasteiger partial charge is 0.341 e. The van der Waals surface area contributed by atoms with Gasteiger partial charge >= 0.3 is 5.97 Å². The minimum absolute atomic E-state index is 0.0967. The van der Waals surface area contributed by atoms with E-state index in [9.17, 15) is 9.59 Å². The van der Waals surface area contributed by atoms with Crippen LogP contribution in [0.15, 0.2) is 11.1 Å². The number of Topliss-reactive ketones (excluding diaryl/α,β-unsaturated/α-hetero) is 1. The molecule has 66 valence electrons. The zero-order valence-electron chi connectivity index (χ0n) is 7.51. The molecule has 3 nitrogen and oxygen atoms in total. The lowest BCUT2D eigenvalue weighted by molar-refractivity contribution is -0.146. The summed E-state index contributed by atoms with van der Waals surface area (Å²) in [6, 6.07) is 0. The van der Waals surface area contributed by atoms with E-state index in [-0.39, 0.29) is 17.5 Å². The van der Waals surface area contributed by atoms with Gasteiger partial charge in [-0.15, -0.1) is 0 Å². The standard InChI is InChI=1S/C9H12O3/c1-5-4-6(2)12-9(11)8(5)7(3)10/h6H,4H2,1-3H3. The number of esters is 1. The number of rotatable bonds is 1. The Bertz CT molecular complexity index is 263. The van der Waals surface area contributed by atoms with Crippen LogP contribution in [0, 0.1) is 0 Å². The molecule has 3 heteroatoms. The second-order valence-corrected chi connectivity index (χ2v) is 3.13. The van der Waals surface area contributed by atoms with Gasteiger partial charge in [-0.05, 0) is 20.8 Å². The van der Waals surface area contributed by atoms with Crippen LogP contribution in [0.25, 0.3) is 0 Å². The van der Waals surface area contributed by atoms with Crippen molar-refractivity contribution in [2.24, 2.45) is 0 Å². The van der Waals surface area contributed by atoms with Crippen LogP contribution < -0.4 is 0 Å². The van der Waals surface area contributed by atoms with Gasteiger partial charge < -0.3 is 4.74 Å². The van der Waals surface area contributed by atoms with E-state index >= 15 is 0 Å². The molecule has 0 spiro atoms. The van der Waals surface area contributed by atoms with Crippen molar-refractivity contribution >= 4 is 11.8 Å². The van der Waals surface area contributed by atoms with Crippen molar-refractivity contribution in [3.63, 3.8) is 0 Å². The second kappa shape index (κ2) is 3.09. The van der Waals surface area contributed by atoms with Crippen LogP contribution in [0.3, 0.4) is 0 Å². The molecule has 1 aliphatic heterocycles. The summed E-state index contributed by atoms with van der Waals surface area (Å²) in [7, 11) is 0. The number of carbonyl (C=O) groups excluding carboxylic acids is 2. The SMILES string of the molecule is CC(=O)C1=C(C)CC(C)OC1=O. The average Bonchev–Trinajstić information content (AvgIpc) is 1.82. The molecule has 0 amide bonds. The third kappa shape index (κ3) is 1.55. The van der Waals surface area contributed by atoms with E-state index in [1.54, 1.807) is 6.92 Å². The van der Waals surface area contributed by atoms with E-state index in [2.05, 4.69) is 0 Å². The van der Waals surface area contributed by atoms with E-state index in [1.807, 2.05) is 6.92 Å². The monoisotopic (exact) mass is 168 g/mol. The lowest BCUT2D eigenvalue weighted by atomic mass is 9.99. The van der Waals surface area contributed by atoms with Crippen LogP contribution in [0.1, 0.15) is 27.2 Å². The fourth-order valence-corrected chi connectivity index (χ4v) is 1.44. The predicted molar refractivity (Wildman–Crippen MR) is 43.6 cm³/mol. The number of ether oxygens (including phenoxy) is 1. The summed E-state index contributed by atoms with van der Waals surface area (Å²) in [5.74, 6) is -0.678. The molecule has 1 unspecified atom stereocenters. The Morgan fingerprint density at radius 2 is 2.17 bits per heavy atom. The van der Waals surface area contributed by atoms with E-state index in [0.29, 0.717) is 6.42 Å². The zero-order chi connectivity index (χ0) is 9.30. The minimum Gasteiger partial charge on any atom is -0.459 e. The first-order chi connectivity index (χ1) is 5.52. The van der Waals surface area contributed by atoms with E-state index in [4.69, 9.17) is 4.74 Å². The van der Waals surface area contributed by atoms with Crippen LogP contribution in [-0.4, -0.2) is 17.9 Å². The largest absolute Gasteiger partial charge is 0.459 e. The molecule has 0 N–H and O–H groups in total. The first kappa shape index (κ1) is 8.97. The van der Waals surface area contributed by atoms with Crippen LogP contribution in [0.4, 0.5) is 0 Å². The van der Waals surface area contributed by atoms with Crippen molar-refractivity contribution in [1.82, 2.24) is 0 Å². The van der Waals surface area contributed by atoms with Crippen molar-refractivity contribution in [1.29, 1.82) is 0 Å². The van der Waals surface area contributed by atoms with Crippen molar-refractivity contribution in [2.75, 3.05) is 0 Å². The van der Waals surface area contributed by atoms with E-state index in [1.165, 1.54) is 6.92 Å². The fraction of sp³-hybridized carbons (Fsp3) is 0.556. The van der Waals surface area contributed by atoms with Gasteiger partial charge in [0.05, 0.1) is 0 Å². The predicted octanol–water partition coefficient (Wildman–Crippen LogP) is 1.23. The molecule has 0 aromatic rings. The van der Waals surface area contributed by atoms with Crippen molar-refractivity contribution in [3.05, 3.63) is 11.1 Å². The molecule has 1 atom stereocenters. The molecule has 0 radical (unpaired) electrons. The lowest BCUT2D eigenvalue weighted by Crippen LogP contribution is -2.26. The van der Waals surface area contributed by atoms with Gasteiger partial charge in [-0.2, -0.15) is 0 Å². The molecular weight excluding hydrogens is 156 g/mol. The summed E-state index contributed by atoms with van der Waals surface area (Å²) in [6.45, 7) is 5.00. The van der Waals surface area contributed by atoms with Gasteiger partial charge in [-0.25, -0.2) is 4.79 Å². The van der Waals surface area contributed by atoms with Crippen LogP contribution >= 0.6 is 0 Å². The van der Waals surface area contributed by atoms with Crippen LogP contribution in [0.2, 0.25) is 0 Å². The van der Waals surface area contributed by atoms with Crippen molar-refractivity contribution in [3.8, 4) is 0 Å². The minimum atomic E-state index is -0.473. The first-order valence-corrected chi connectivity index (χ1v) is 3.94. The molecule has 1 heterocycles. The summed E-state index contributed by atoms with van der Waals surface area (Å²) in [4.78, 5) is 22.1. The van der Waals surface area contributed by atoms with Crippen LogP contribution in [0.5, 0.6) is 0 Å². The van der Waals surface area contributed by atoms with Gasteiger partial charge in [0.2, 0.25) is 0 Å². The average molecular weight is 168 g/mol. The molecule has 0 aromatic carbocycles. The summed E-state index contributed by atoms with van der Waals surface area (Å²) in [6.07, 6.45) is 0.571. The highest BCUT2D eigenvalue weighted by Gasteiger charge is 2.26. The number of hydrogen-bond donors (Lipinski definition) is 0. The Morgan fingerprint density at radius 1 is 1.58 bits per heavy atom. The second-order valence-electron chi connectivity index (χ2n) is 3.13. The Labute approximate surface area is 71.4 Å². The fourth-order valence-electron chi connectivity index (χ4n) is 1.44. The van der Waals surface area contributed by atoms with Gasteiger partial charge in [0, 0.05) is 6.42 Å². The quantitative estimate of drug-likeness (QED) is 0.437. The number of ketones is 1. The van der Waals surface area contributed by atoms with Gasteiger partial charge in [0.25, 0.3) is 0 Å². The lowest BCUT2D eigenvalue weighted by Gasteiger charge is -2.21. The van der Waals surface area contributed by atoms with Gasteiger partial charge in [-0.1, -0.05) is 5.57 Å². The number of carbonyl (C=O) groups is 2. The third-order valence-corrected chi connectivity index (χ3v) is 1.88. The Hall–Kier alpha value is -1.12. The van der Waals surface area contributed by atoms with Crippen molar-refractivity contribution in [2.45, 2.75) is 33.3 Å². The molecule has 0 aromatic heterocycles. The van der Waals surface area contributed by atoms with E-state index < -0.39 is 5.97 Å². The highest BCUT2D eigenvalue weighted by Crippen LogP contribution is 2.21. The highest BCUT2D eigenvalue weighted by atomic mass is 16.5. The molecule has 0 bridgehead atoms. The van der Waals surface area contributed by atoms with E-state index in [0.717, 1.165) is 5.57 Å². The topological polar surface area (TPSA) is 43.4 Å². The van der Waals surface area contributed by atoms with Gasteiger partial charge in [-0.3, -0.25) is 4.79 Å². The van der Waals surface area contributed by atoms with Crippen LogP contribution in [-0.2, 0) is 14.3 Å². The summed E-state index contributed by atoms with van der Waals surface area (Å²) >= 11 is 0. The van der Waals surface area contributed by atoms with Crippen molar-refractivity contribution < 1.29 is 14.3 Å². The summed E-state index contributed by atoms with van der Waals surface area (Å²) in [5.41, 5.74) is 1.07.